The second-order valence-electron chi connectivity index (χ2n) is 5.98. The predicted molar refractivity (Wildman–Crippen MR) is 119 cm³/mol. The third-order valence-corrected chi connectivity index (χ3v) is 5.41. The molecular formula is C19H27IN4S. The van der Waals surface area contributed by atoms with Gasteiger partial charge in [-0.2, -0.15) is 0 Å². The van der Waals surface area contributed by atoms with Crippen LogP contribution in [-0.2, 0) is 19.3 Å². The number of aliphatic imine (C=N–C) groups is 1. The molecule has 0 saturated heterocycles. The monoisotopic (exact) mass is 470 g/mol. The quantitative estimate of drug-likeness (QED) is 0.405. The SMILES string of the molecule is CCNC(=NCCc1nc(CC)c(C)s1)N1CCc2ccccc21.I. The molecule has 0 amide bonds. The predicted octanol–water partition coefficient (Wildman–Crippen LogP) is 4.20. The van der Waals surface area contributed by atoms with Gasteiger partial charge in [0.05, 0.1) is 10.7 Å². The molecule has 0 radical (unpaired) electrons. The molecule has 0 unspecified atom stereocenters. The van der Waals surface area contributed by atoms with Crippen LogP contribution in [-0.4, -0.2) is 30.6 Å². The van der Waals surface area contributed by atoms with Crippen molar-refractivity contribution in [2.75, 3.05) is 24.5 Å². The number of fused-ring (bicyclic) bond motifs is 1. The van der Waals surface area contributed by atoms with Crippen molar-refractivity contribution in [3.05, 3.63) is 45.4 Å². The average molecular weight is 470 g/mol. The van der Waals surface area contributed by atoms with Gasteiger partial charge in [0.25, 0.3) is 0 Å². The third-order valence-electron chi connectivity index (χ3n) is 4.34. The second kappa shape index (κ2) is 9.52. The Hall–Kier alpha value is -1.15. The van der Waals surface area contributed by atoms with E-state index in [1.54, 1.807) is 0 Å². The van der Waals surface area contributed by atoms with Gasteiger partial charge in [-0.05, 0) is 38.3 Å². The summed E-state index contributed by atoms with van der Waals surface area (Å²) in [6, 6.07) is 8.62. The van der Waals surface area contributed by atoms with Gasteiger partial charge in [0, 0.05) is 36.6 Å². The Balaban J connectivity index is 0.00000225. The maximum Gasteiger partial charge on any atom is 0.198 e. The number of guanidine groups is 1. The summed E-state index contributed by atoms with van der Waals surface area (Å²) in [4.78, 5) is 13.2. The van der Waals surface area contributed by atoms with E-state index in [0.717, 1.165) is 44.9 Å². The fourth-order valence-corrected chi connectivity index (χ4v) is 4.14. The number of hydrogen-bond donors (Lipinski definition) is 1. The average Bonchev–Trinajstić information content (AvgIpc) is 3.17. The summed E-state index contributed by atoms with van der Waals surface area (Å²) in [5, 5.41) is 4.64. The summed E-state index contributed by atoms with van der Waals surface area (Å²) in [7, 11) is 0. The Bertz CT molecular complexity index is 726. The number of para-hydroxylation sites is 1. The van der Waals surface area contributed by atoms with E-state index in [9.17, 15) is 0 Å². The van der Waals surface area contributed by atoms with Crippen molar-refractivity contribution in [3.8, 4) is 0 Å². The van der Waals surface area contributed by atoms with E-state index >= 15 is 0 Å². The van der Waals surface area contributed by atoms with E-state index in [0.29, 0.717) is 0 Å². The Morgan fingerprint density at radius 1 is 1.32 bits per heavy atom. The molecule has 0 aliphatic carbocycles. The molecule has 136 valence electrons. The van der Waals surface area contributed by atoms with Crippen LogP contribution in [0.4, 0.5) is 5.69 Å². The fraction of sp³-hybridized carbons (Fsp3) is 0.474. The molecule has 6 heteroatoms. The number of benzene rings is 1. The van der Waals surface area contributed by atoms with Crippen LogP contribution in [0.3, 0.4) is 0 Å². The summed E-state index contributed by atoms with van der Waals surface area (Å²) < 4.78 is 0. The van der Waals surface area contributed by atoms with Crippen molar-refractivity contribution in [2.45, 2.75) is 40.0 Å². The van der Waals surface area contributed by atoms with E-state index in [4.69, 9.17) is 9.98 Å². The van der Waals surface area contributed by atoms with Crippen LogP contribution in [0, 0.1) is 6.92 Å². The molecule has 1 aliphatic rings. The molecule has 1 aromatic carbocycles. The first-order valence-corrected chi connectivity index (χ1v) is 9.63. The third kappa shape index (κ3) is 4.73. The normalized spacial score (nSPS) is 13.6. The van der Waals surface area contributed by atoms with E-state index in [-0.39, 0.29) is 24.0 Å². The number of rotatable bonds is 5. The molecule has 0 atom stereocenters. The van der Waals surface area contributed by atoms with E-state index in [1.165, 1.54) is 26.8 Å². The van der Waals surface area contributed by atoms with Crippen molar-refractivity contribution in [1.82, 2.24) is 10.3 Å². The summed E-state index contributed by atoms with van der Waals surface area (Å²) in [5.41, 5.74) is 3.93. The van der Waals surface area contributed by atoms with Gasteiger partial charge in [-0.15, -0.1) is 35.3 Å². The van der Waals surface area contributed by atoms with E-state index in [2.05, 4.69) is 55.3 Å². The van der Waals surface area contributed by atoms with Crippen molar-refractivity contribution < 1.29 is 0 Å². The molecule has 3 rings (SSSR count). The van der Waals surface area contributed by atoms with Gasteiger partial charge < -0.3 is 10.2 Å². The first-order chi connectivity index (χ1) is 11.7. The maximum absolute atomic E-state index is 4.85. The smallest absolute Gasteiger partial charge is 0.198 e. The zero-order chi connectivity index (χ0) is 16.9. The van der Waals surface area contributed by atoms with Gasteiger partial charge in [-0.3, -0.25) is 4.99 Å². The molecule has 4 nitrogen and oxygen atoms in total. The highest BCUT2D eigenvalue weighted by Crippen LogP contribution is 2.27. The number of hydrogen-bond acceptors (Lipinski definition) is 3. The summed E-state index contributed by atoms with van der Waals surface area (Å²) in [6.45, 7) is 9.11. The highest BCUT2D eigenvalue weighted by atomic mass is 127. The van der Waals surface area contributed by atoms with Crippen LogP contribution in [0.25, 0.3) is 0 Å². The summed E-state index contributed by atoms with van der Waals surface area (Å²) in [6.07, 6.45) is 3.01. The number of halogens is 1. The molecule has 2 heterocycles. The first kappa shape index (κ1) is 20.2. The second-order valence-corrected chi connectivity index (χ2v) is 7.27. The minimum atomic E-state index is 0. The lowest BCUT2D eigenvalue weighted by Crippen LogP contribution is -2.40. The Morgan fingerprint density at radius 3 is 2.84 bits per heavy atom. The molecule has 1 N–H and O–H groups in total. The molecule has 2 aromatic rings. The molecule has 25 heavy (non-hydrogen) atoms. The Labute approximate surface area is 171 Å². The van der Waals surface area contributed by atoms with Gasteiger partial charge in [0.15, 0.2) is 5.96 Å². The Kier molecular flexibility index (Phi) is 7.68. The number of nitrogens with zero attached hydrogens (tertiary/aromatic N) is 3. The maximum atomic E-state index is 4.85. The molecule has 0 saturated carbocycles. The number of aromatic nitrogens is 1. The van der Waals surface area contributed by atoms with Gasteiger partial charge in [-0.25, -0.2) is 4.98 Å². The van der Waals surface area contributed by atoms with Crippen LogP contribution in [0.15, 0.2) is 29.3 Å². The molecule has 1 aliphatic heterocycles. The number of nitrogens with one attached hydrogen (secondary N) is 1. The molecular weight excluding hydrogens is 443 g/mol. The van der Waals surface area contributed by atoms with Crippen molar-refractivity contribution >= 4 is 47.0 Å². The van der Waals surface area contributed by atoms with Gasteiger partial charge >= 0.3 is 0 Å². The molecule has 1 aromatic heterocycles. The van der Waals surface area contributed by atoms with Gasteiger partial charge in [-0.1, -0.05) is 25.1 Å². The zero-order valence-corrected chi connectivity index (χ0v) is 18.4. The highest BCUT2D eigenvalue weighted by Gasteiger charge is 2.22. The van der Waals surface area contributed by atoms with Crippen LogP contribution < -0.4 is 10.2 Å². The van der Waals surface area contributed by atoms with Crippen LogP contribution in [0.5, 0.6) is 0 Å². The summed E-state index contributed by atoms with van der Waals surface area (Å²) in [5.74, 6) is 0.992. The molecule has 0 bridgehead atoms. The lowest BCUT2D eigenvalue weighted by molar-refractivity contribution is 0.865. The molecule has 0 spiro atoms. The highest BCUT2D eigenvalue weighted by molar-refractivity contribution is 14.0. The van der Waals surface area contributed by atoms with Gasteiger partial charge in [0.1, 0.15) is 0 Å². The largest absolute Gasteiger partial charge is 0.356 e. The van der Waals surface area contributed by atoms with Gasteiger partial charge in [0.2, 0.25) is 0 Å². The lowest BCUT2D eigenvalue weighted by Gasteiger charge is -2.22. The van der Waals surface area contributed by atoms with Crippen molar-refractivity contribution in [1.29, 1.82) is 0 Å². The van der Waals surface area contributed by atoms with Crippen LogP contribution in [0.1, 0.15) is 35.0 Å². The van der Waals surface area contributed by atoms with E-state index < -0.39 is 0 Å². The molecule has 0 fully saturated rings. The summed E-state index contributed by atoms with van der Waals surface area (Å²) >= 11 is 1.81. The zero-order valence-electron chi connectivity index (χ0n) is 15.2. The van der Waals surface area contributed by atoms with Crippen LogP contribution in [0.2, 0.25) is 0 Å². The van der Waals surface area contributed by atoms with E-state index in [1.807, 2.05) is 11.3 Å². The topological polar surface area (TPSA) is 40.5 Å². The Morgan fingerprint density at radius 2 is 2.12 bits per heavy atom. The standard InChI is InChI=1S/C19H26N4S.HI/c1-4-16-14(3)24-18(22-16)10-12-21-19(20-5-2)23-13-11-15-8-6-7-9-17(15)23;/h6-9H,4-5,10-13H2,1-3H3,(H,20,21);1H. The fourth-order valence-electron chi connectivity index (χ4n) is 3.13. The van der Waals surface area contributed by atoms with Crippen molar-refractivity contribution in [3.63, 3.8) is 0 Å². The number of aryl methyl sites for hydroxylation is 2. The minimum Gasteiger partial charge on any atom is -0.356 e. The number of anilines is 1. The number of thiazole rings is 1. The first-order valence-electron chi connectivity index (χ1n) is 8.81. The van der Waals surface area contributed by atoms with Crippen molar-refractivity contribution in [2.24, 2.45) is 4.99 Å². The van der Waals surface area contributed by atoms with Crippen LogP contribution >= 0.6 is 35.3 Å². The minimum absolute atomic E-state index is 0. The lowest BCUT2D eigenvalue weighted by atomic mass is 10.2.